The lowest BCUT2D eigenvalue weighted by atomic mass is 10.1. The van der Waals surface area contributed by atoms with Crippen LogP contribution in [0.25, 0.3) is 10.2 Å². The number of benzene rings is 2. The van der Waals surface area contributed by atoms with Gasteiger partial charge in [0.25, 0.3) is 0 Å². The second-order valence-corrected chi connectivity index (χ2v) is 9.01. The summed E-state index contributed by atoms with van der Waals surface area (Å²) in [5.74, 6) is 0.396. The maximum absolute atomic E-state index is 12.1. The minimum Gasteiger partial charge on any atom is -0.448 e. The highest BCUT2D eigenvalue weighted by atomic mass is 32.2. The average molecular weight is 398 g/mol. The van der Waals surface area contributed by atoms with Gasteiger partial charge in [0.15, 0.2) is 4.34 Å². The van der Waals surface area contributed by atoms with Gasteiger partial charge in [0.05, 0.1) is 15.5 Å². The van der Waals surface area contributed by atoms with E-state index in [1.54, 1.807) is 23.1 Å². The van der Waals surface area contributed by atoms with E-state index in [1.807, 2.05) is 56.3 Å². The summed E-state index contributed by atoms with van der Waals surface area (Å²) >= 11 is 3.24. The summed E-state index contributed by atoms with van der Waals surface area (Å²) < 4.78 is 8.20. The second kappa shape index (κ2) is 7.32. The van der Waals surface area contributed by atoms with Gasteiger partial charge >= 0.3 is 0 Å². The molecule has 1 amide bonds. The van der Waals surface area contributed by atoms with Gasteiger partial charge in [-0.3, -0.25) is 4.79 Å². The summed E-state index contributed by atoms with van der Waals surface area (Å²) in [5, 5.41) is 5.81. The first kappa shape index (κ1) is 18.0. The average Bonchev–Trinajstić information content (AvgIpc) is 3.26. The van der Waals surface area contributed by atoms with Crippen LogP contribution in [0.2, 0.25) is 0 Å². The van der Waals surface area contributed by atoms with Crippen molar-refractivity contribution in [2.24, 2.45) is 5.10 Å². The summed E-state index contributed by atoms with van der Waals surface area (Å²) in [4.78, 5) is 16.7. The van der Waals surface area contributed by atoms with E-state index in [-0.39, 0.29) is 11.2 Å². The number of fused-ring (bicyclic) bond motifs is 1. The summed E-state index contributed by atoms with van der Waals surface area (Å²) in [5.41, 5.74) is 3.06. The normalized spacial score (nSPS) is 17.7. The van der Waals surface area contributed by atoms with Crippen molar-refractivity contribution in [3.63, 3.8) is 0 Å². The van der Waals surface area contributed by atoms with Crippen molar-refractivity contribution in [1.29, 1.82) is 0 Å². The molecule has 0 fully saturated rings. The van der Waals surface area contributed by atoms with Gasteiger partial charge in [-0.1, -0.05) is 53.7 Å². The van der Waals surface area contributed by atoms with E-state index in [4.69, 9.17) is 4.74 Å². The second-order valence-electron chi connectivity index (χ2n) is 6.39. The topological polar surface area (TPSA) is 54.8 Å². The first-order valence-corrected chi connectivity index (χ1v) is 10.3. The first-order chi connectivity index (χ1) is 13.0. The summed E-state index contributed by atoms with van der Waals surface area (Å²) in [6, 6.07) is 16.0. The predicted molar refractivity (Wildman–Crippen MR) is 110 cm³/mol. The molecule has 0 aliphatic carbocycles. The quantitative estimate of drug-likeness (QED) is 0.583. The molecule has 2 aromatic carbocycles. The number of ether oxygens (including phenoxy) is 1. The standard InChI is InChI=1S/C20H19N3O2S2/c1-12-8-10-15(11-9-12)19-23(14(3)24)22-18(25-19)13(2)26-20-21-16-6-4-5-7-17(16)27-20/h4-11,13,19H,1-3H3/t13-,19+/m1/s1. The molecule has 2 heterocycles. The monoisotopic (exact) mass is 397 g/mol. The minimum absolute atomic E-state index is 0.0529. The van der Waals surface area contributed by atoms with E-state index in [2.05, 4.69) is 16.2 Å². The van der Waals surface area contributed by atoms with Crippen LogP contribution in [-0.4, -0.2) is 27.0 Å². The van der Waals surface area contributed by atoms with E-state index < -0.39 is 6.23 Å². The number of hydrazone groups is 1. The van der Waals surface area contributed by atoms with Crippen LogP contribution in [0.4, 0.5) is 0 Å². The van der Waals surface area contributed by atoms with Crippen molar-refractivity contribution < 1.29 is 9.53 Å². The Bertz CT molecular complexity index is 980. The molecule has 3 aromatic rings. The molecule has 1 aliphatic rings. The smallest absolute Gasteiger partial charge is 0.243 e. The predicted octanol–water partition coefficient (Wildman–Crippen LogP) is 4.98. The Balaban J connectivity index is 1.54. The van der Waals surface area contributed by atoms with E-state index in [1.165, 1.54) is 11.9 Å². The molecule has 0 spiro atoms. The minimum atomic E-state index is -0.517. The van der Waals surface area contributed by atoms with Crippen LogP contribution in [0.5, 0.6) is 0 Å². The number of carbonyl (C=O) groups is 1. The zero-order valence-corrected chi connectivity index (χ0v) is 16.9. The van der Waals surface area contributed by atoms with Gasteiger partial charge in [0.1, 0.15) is 0 Å². The molecule has 0 saturated heterocycles. The molecular formula is C20H19N3O2S2. The number of aromatic nitrogens is 1. The molecule has 0 unspecified atom stereocenters. The van der Waals surface area contributed by atoms with Crippen LogP contribution in [0.15, 0.2) is 58.0 Å². The Hall–Kier alpha value is -2.38. The summed E-state index contributed by atoms with van der Waals surface area (Å²) in [7, 11) is 0. The molecular weight excluding hydrogens is 378 g/mol. The van der Waals surface area contributed by atoms with Gasteiger partial charge in [-0.05, 0) is 26.0 Å². The van der Waals surface area contributed by atoms with Gasteiger partial charge in [0, 0.05) is 12.5 Å². The van der Waals surface area contributed by atoms with Crippen LogP contribution in [0.3, 0.4) is 0 Å². The van der Waals surface area contributed by atoms with Crippen molar-refractivity contribution in [3.05, 3.63) is 59.7 Å². The Morgan fingerprint density at radius 1 is 1.22 bits per heavy atom. The highest BCUT2D eigenvalue weighted by molar-refractivity contribution is 8.02. The fraction of sp³-hybridized carbons (Fsp3) is 0.250. The van der Waals surface area contributed by atoms with E-state index >= 15 is 0 Å². The highest BCUT2D eigenvalue weighted by Gasteiger charge is 2.35. The lowest BCUT2D eigenvalue weighted by molar-refractivity contribution is -0.135. The Kier molecular flexibility index (Phi) is 4.88. The first-order valence-electron chi connectivity index (χ1n) is 8.65. The van der Waals surface area contributed by atoms with Crippen molar-refractivity contribution in [2.75, 3.05) is 0 Å². The largest absolute Gasteiger partial charge is 0.448 e. The number of rotatable bonds is 4. The fourth-order valence-corrected chi connectivity index (χ4v) is 5.05. The van der Waals surface area contributed by atoms with Gasteiger partial charge in [-0.15, -0.1) is 16.4 Å². The molecule has 0 radical (unpaired) electrons. The van der Waals surface area contributed by atoms with Crippen LogP contribution in [0.1, 0.15) is 31.2 Å². The summed E-state index contributed by atoms with van der Waals surface area (Å²) in [6.07, 6.45) is -0.517. The van der Waals surface area contributed by atoms with Crippen molar-refractivity contribution in [1.82, 2.24) is 9.99 Å². The number of para-hydroxylation sites is 1. The molecule has 27 heavy (non-hydrogen) atoms. The fourth-order valence-electron chi connectivity index (χ4n) is 2.80. The lowest BCUT2D eigenvalue weighted by Gasteiger charge is -2.19. The van der Waals surface area contributed by atoms with Crippen LogP contribution < -0.4 is 0 Å². The number of aryl methyl sites for hydroxylation is 1. The van der Waals surface area contributed by atoms with Crippen molar-refractivity contribution in [3.8, 4) is 0 Å². The van der Waals surface area contributed by atoms with E-state index in [0.717, 1.165) is 25.7 Å². The van der Waals surface area contributed by atoms with E-state index in [9.17, 15) is 4.79 Å². The number of hydrogen-bond donors (Lipinski definition) is 0. The summed E-state index contributed by atoms with van der Waals surface area (Å²) in [6.45, 7) is 5.55. The van der Waals surface area contributed by atoms with Gasteiger partial charge < -0.3 is 4.74 Å². The molecule has 0 saturated carbocycles. The number of carbonyl (C=O) groups excluding carboxylic acids is 1. The van der Waals surface area contributed by atoms with Crippen molar-refractivity contribution in [2.45, 2.75) is 36.6 Å². The zero-order chi connectivity index (χ0) is 19.0. The zero-order valence-electron chi connectivity index (χ0n) is 15.2. The molecule has 0 bridgehead atoms. The molecule has 7 heteroatoms. The third-order valence-electron chi connectivity index (χ3n) is 4.25. The number of thiazole rings is 1. The Labute approximate surface area is 166 Å². The van der Waals surface area contributed by atoms with Crippen LogP contribution in [-0.2, 0) is 9.53 Å². The molecule has 0 N–H and O–H groups in total. The molecule has 1 aromatic heterocycles. The Morgan fingerprint density at radius 2 is 1.96 bits per heavy atom. The third kappa shape index (κ3) is 3.70. The van der Waals surface area contributed by atoms with Gasteiger partial charge in [-0.25, -0.2) is 4.98 Å². The number of nitrogens with zero attached hydrogens (tertiary/aromatic N) is 3. The SMILES string of the molecule is CC(=O)N1N=C([C@@H](C)Sc2nc3ccccc3s2)O[C@H]1c1ccc(C)cc1. The van der Waals surface area contributed by atoms with Crippen LogP contribution in [0, 0.1) is 6.92 Å². The third-order valence-corrected chi connectivity index (χ3v) is 6.46. The van der Waals surface area contributed by atoms with E-state index in [0.29, 0.717) is 5.90 Å². The maximum atomic E-state index is 12.1. The van der Waals surface area contributed by atoms with Crippen molar-refractivity contribution >= 4 is 45.1 Å². The molecule has 2 atom stereocenters. The lowest BCUT2D eigenvalue weighted by Crippen LogP contribution is -2.25. The highest BCUT2D eigenvalue weighted by Crippen LogP contribution is 2.36. The van der Waals surface area contributed by atoms with Crippen LogP contribution >= 0.6 is 23.1 Å². The Morgan fingerprint density at radius 3 is 2.67 bits per heavy atom. The molecule has 138 valence electrons. The number of hydrogen-bond acceptors (Lipinski definition) is 6. The molecule has 5 nitrogen and oxygen atoms in total. The van der Waals surface area contributed by atoms with Gasteiger partial charge in [0.2, 0.25) is 18.0 Å². The molecule has 4 rings (SSSR count). The maximum Gasteiger partial charge on any atom is 0.243 e. The molecule has 1 aliphatic heterocycles. The number of thioether (sulfide) groups is 1. The number of amides is 1. The van der Waals surface area contributed by atoms with Gasteiger partial charge in [-0.2, -0.15) is 5.01 Å².